The van der Waals surface area contributed by atoms with Crippen molar-refractivity contribution in [3.63, 3.8) is 0 Å². The minimum Gasteiger partial charge on any atom is -0.378 e. The predicted octanol–water partition coefficient (Wildman–Crippen LogP) is 5.57. The molecule has 0 aliphatic heterocycles. The SMILES string of the molecule is CCCc1ccc(C(C)Nc2ccccc2Br)cc1. The molecule has 2 aromatic carbocycles. The first-order valence-electron chi connectivity index (χ1n) is 6.80. The summed E-state index contributed by atoms with van der Waals surface area (Å²) in [5, 5.41) is 3.53. The Morgan fingerprint density at radius 2 is 1.74 bits per heavy atom. The molecule has 2 aromatic rings. The minimum absolute atomic E-state index is 0.300. The van der Waals surface area contributed by atoms with Crippen LogP contribution in [0.2, 0.25) is 0 Å². The second-order valence-electron chi connectivity index (χ2n) is 4.84. The largest absolute Gasteiger partial charge is 0.378 e. The predicted molar refractivity (Wildman–Crippen MR) is 86.6 cm³/mol. The summed E-state index contributed by atoms with van der Waals surface area (Å²) in [5.41, 5.74) is 3.86. The smallest absolute Gasteiger partial charge is 0.0489 e. The average molecular weight is 318 g/mol. The molecule has 0 aliphatic carbocycles. The zero-order chi connectivity index (χ0) is 13.7. The van der Waals surface area contributed by atoms with Crippen LogP contribution in [0.25, 0.3) is 0 Å². The van der Waals surface area contributed by atoms with Crippen LogP contribution in [0.1, 0.15) is 37.4 Å². The van der Waals surface area contributed by atoms with Gasteiger partial charge in [0.25, 0.3) is 0 Å². The maximum Gasteiger partial charge on any atom is 0.0489 e. The second-order valence-corrected chi connectivity index (χ2v) is 5.69. The summed E-state index contributed by atoms with van der Waals surface area (Å²) in [6, 6.07) is 17.4. The first-order valence-corrected chi connectivity index (χ1v) is 7.60. The lowest BCUT2D eigenvalue weighted by Crippen LogP contribution is -2.07. The van der Waals surface area contributed by atoms with Gasteiger partial charge in [-0.3, -0.25) is 0 Å². The van der Waals surface area contributed by atoms with Crippen molar-refractivity contribution in [3.8, 4) is 0 Å². The molecule has 0 aliphatic rings. The fourth-order valence-electron chi connectivity index (χ4n) is 2.16. The summed E-state index contributed by atoms with van der Waals surface area (Å²) >= 11 is 3.57. The van der Waals surface area contributed by atoms with Crippen LogP contribution in [0.3, 0.4) is 0 Å². The van der Waals surface area contributed by atoms with Gasteiger partial charge < -0.3 is 5.32 Å². The van der Waals surface area contributed by atoms with E-state index in [2.05, 4.69) is 71.5 Å². The first kappa shape index (κ1) is 14.1. The van der Waals surface area contributed by atoms with Crippen LogP contribution in [-0.4, -0.2) is 0 Å². The van der Waals surface area contributed by atoms with Gasteiger partial charge in [-0.15, -0.1) is 0 Å². The molecule has 0 saturated heterocycles. The molecule has 2 heteroatoms. The number of nitrogens with one attached hydrogen (secondary N) is 1. The Morgan fingerprint density at radius 3 is 2.37 bits per heavy atom. The zero-order valence-electron chi connectivity index (χ0n) is 11.5. The summed E-state index contributed by atoms with van der Waals surface area (Å²) in [7, 11) is 0. The molecule has 0 heterocycles. The molecule has 0 amide bonds. The Labute approximate surface area is 124 Å². The lowest BCUT2D eigenvalue weighted by Gasteiger charge is -2.17. The maximum absolute atomic E-state index is 3.57. The Hall–Kier alpha value is -1.28. The van der Waals surface area contributed by atoms with Crippen LogP contribution in [-0.2, 0) is 6.42 Å². The average Bonchev–Trinajstić information content (AvgIpc) is 2.42. The van der Waals surface area contributed by atoms with E-state index in [9.17, 15) is 0 Å². The molecule has 0 spiro atoms. The lowest BCUT2D eigenvalue weighted by molar-refractivity contribution is 0.875. The topological polar surface area (TPSA) is 12.0 Å². The van der Waals surface area contributed by atoms with E-state index in [1.165, 1.54) is 17.5 Å². The van der Waals surface area contributed by atoms with Crippen molar-refractivity contribution >= 4 is 21.6 Å². The molecular formula is C17H20BrN. The number of aryl methyl sites for hydroxylation is 1. The van der Waals surface area contributed by atoms with Crippen molar-refractivity contribution in [1.29, 1.82) is 0 Å². The molecule has 100 valence electrons. The summed E-state index contributed by atoms with van der Waals surface area (Å²) in [6.07, 6.45) is 2.36. The highest BCUT2D eigenvalue weighted by Crippen LogP contribution is 2.26. The number of hydrogen-bond acceptors (Lipinski definition) is 1. The fraction of sp³-hybridized carbons (Fsp3) is 0.294. The maximum atomic E-state index is 3.57. The molecule has 0 aromatic heterocycles. The highest BCUT2D eigenvalue weighted by molar-refractivity contribution is 9.10. The highest BCUT2D eigenvalue weighted by Gasteiger charge is 2.06. The Balaban J connectivity index is 2.07. The number of anilines is 1. The lowest BCUT2D eigenvalue weighted by atomic mass is 10.0. The summed E-state index contributed by atoms with van der Waals surface area (Å²) in [4.78, 5) is 0. The van der Waals surface area contributed by atoms with Crippen molar-refractivity contribution in [2.75, 3.05) is 5.32 Å². The van der Waals surface area contributed by atoms with Crippen molar-refractivity contribution in [2.45, 2.75) is 32.7 Å². The van der Waals surface area contributed by atoms with Crippen molar-refractivity contribution in [1.82, 2.24) is 0 Å². The molecule has 1 N–H and O–H groups in total. The zero-order valence-corrected chi connectivity index (χ0v) is 13.1. The minimum atomic E-state index is 0.300. The molecular weight excluding hydrogens is 298 g/mol. The third-order valence-corrected chi connectivity index (χ3v) is 3.96. The van der Waals surface area contributed by atoms with Crippen LogP contribution in [0.4, 0.5) is 5.69 Å². The molecule has 19 heavy (non-hydrogen) atoms. The van der Waals surface area contributed by atoms with Gasteiger partial charge in [-0.1, -0.05) is 49.7 Å². The molecule has 0 saturated carbocycles. The van der Waals surface area contributed by atoms with Gasteiger partial charge in [0, 0.05) is 16.2 Å². The Kier molecular flexibility index (Phi) is 5.03. The summed E-state index contributed by atoms with van der Waals surface area (Å²) in [5.74, 6) is 0. The highest BCUT2D eigenvalue weighted by atomic mass is 79.9. The van der Waals surface area contributed by atoms with Gasteiger partial charge in [0.15, 0.2) is 0 Å². The van der Waals surface area contributed by atoms with E-state index < -0.39 is 0 Å². The Bertz CT molecular complexity index is 519. The standard InChI is InChI=1S/C17H20BrN/c1-3-6-14-9-11-15(12-10-14)13(2)19-17-8-5-4-7-16(17)18/h4-5,7-13,19H,3,6H2,1-2H3. The van der Waals surface area contributed by atoms with Crippen LogP contribution in [0.5, 0.6) is 0 Å². The van der Waals surface area contributed by atoms with Crippen LogP contribution in [0.15, 0.2) is 53.0 Å². The van der Waals surface area contributed by atoms with E-state index in [0.717, 1.165) is 16.6 Å². The normalized spacial score (nSPS) is 12.2. The van der Waals surface area contributed by atoms with Gasteiger partial charge in [0.05, 0.1) is 0 Å². The molecule has 1 atom stereocenters. The molecule has 1 unspecified atom stereocenters. The van der Waals surface area contributed by atoms with E-state index in [1.54, 1.807) is 0 Å². The van der Waals surface area contributed by atoms with Crippen LogP contribution in [0, 0.1) is 0 Å². The summed E-state index contributed by atoms with van der Waals surface area (Å²) < 4.78 is 1.10. The molecule has 2 rings (SSSR count). The molecule has 0 fully saturated rings. The fourth-order valence-corrected chi connectivity index (χ4v) is 2.56. The Morgan fingerprint density at radius 1 is 1.05 bits per heavy atom. The molecule has 0 radical (unpaired) electrons. The number of halogens is 1. The van der Waals surface area contributed by atoms with E-state index >= 15 is 0 Å². The third-order valence-electron chi connectivity index (χ3n) is 3.26. The van der Waals surface area contributed by atoms with E-state index in [1.807, 2.05) is 12.1 Å². The van der Waals surface area contributed by atoms with Gasteiger partial charge in [-0.05, 0) is 52.5 Å². The first-order chi connectivity index (χ1) is 9.20. The van der Waals surface area contributed by atoms with Crippen LogP contribution >= 0.6 is 15.9 Å². The number of hydrogen-bond donors (Lipinski definition) is 1. The number of rotatable bonds is 5. The number of benzene rings is 2. The molecule has 0 bridgehead atoms. The second kappa shape index (κ2) is 6.76. The van der Waals surface area contributed by atoms with Gasteiger partial charge in [0.1, 0.15) is 0 Å². The summed E-state index contributed by atoms with van der Waals surface area (Å²) in [6.45, 7) is 4.40. The van der Waals surface area contributed by atoms with Crippen molar-refractivity contribution in [3.05, 3.63) is 64.1 Å². The third kappa shape index (κ3) is 3.84. The van der Waals surface area contributed by atoms with Gasteiger partial charge in [0.2, 0.25) is 0 Å². The van der Waals surface area contributed by atoms with Crippen LogP contribution < -0.4 is 5.32 Å². The van der Waals surface area contributed by atoms with Gasteiger partial charge in [-0.2, -0.15) is 0 Å². The molecule has 1 nitrogen and oxygen atoms in total. The van der Waals surface area contributed by atoms with Gasteiger partial charge in [-0.25, -0.2) is 0 Å². The van der Waals surface area contributed by atoms with Crippen molar-refractivity contribution in [2.24, 2.45) is 0 Å². The van der Waals surface area contributed by atoms with E-state index in [4.69, 9.17) is 0 Å². The van der Waals surface area contributed by atoms with Gasteiger partial charge >= 0.3 is 0 Å². The van der Waals surface area contributed by atoms with E-state index in [0.29, 0.717) is 6.04 Å². The quantitative estimate of drug-likeness (QED) is 0.759. The van der Waals surface area contributed by atoms with Crippen molar-refractivity contribution < 1.29 is 0 Å². The monoisotopic (exact) mass is 317 g/mol. The van der Waals surface area contributed by atoms with E-state index in [-0.39, 0.29) is 0 Å². The number of para-hydroxylation sites is 1.